The second kappa shape index (κ2) is 12.4. The number of thiophene rings is 1. The molecule has 0 saturated carbocycles. The molecule has 8 nitrogen and oxygen atoms in total. The van der Waals surface area contributed by atoms with Gasteiger partial charge in [0.2, 0.25) is 10.0 Å². The Kier molecular flexibility index (Phi) is 8.94. The van der Waals surface area contributed by atoms with Crippen molar-refractivity contribution < 1.29 is 22.7 Å². The average Bonchev–Trinajstić information content (AvgIpc) is 3.30. The molecule has 218 valence electrons. The van der Waals surface area contributed by atoms with Gasteiger partial charge in [-0.05, 0) is 67.0 Å². The van der Waals surface area contributed by atoms with Crippen LogP contribution in [0.3, 0.4) is 0 Å². The quantitative estimate of drug-likeness (QED) is 0.350. The smallest absolute Gasteiger partial charge is 0.341 e. The Bertz CT molecular complexity index is 1490. The number of piperidine rings is 1. The third-order valence-electron chi connectivity index (χ3n) is 7.68. The van der Waals surface area contributed by atoms with Crippen LogP contribution in [0.5, 0.6) is 0 Å². The van der Waals surface area contributed by atoms with E-state index in [2.05, 4.69) is 36.2 Å². The van der Waals surface area contributed by atoms with E-state index in [9.17, 15) is 18.0 Å². The zero-order valence-corrected chi connectivity index (χ0v) is 25.4. The Labute approximate surface area is 246 Å². The van der Waals surface area contributed by atoms with E-state index in [4.69, 9.17) is 4.74 Å². The Balaban J connectivity index is 1.34. The van der Waals surface area contributed by atoms with Gasteiger partial charge >= 0.3 is 5.97 Å². The maximum Gasteiger partial charge on any atom is 0.341 e. The van der Waals surface area contributed by atoms with Crippen LogP contribution in [-0.2, 0) is 34.3 Å². The lowest BCUT2D eigenvalue weighted by Crippen LogP contribution is -2.42. The Morgan fingerprint density at radius 2 is 1.71 bits per heavy atom. The van der Waals surface area contributed by atoms with Gasteiger partial charge in [-0.15, -0.1) is 11.3 Å². The number of sulfonamides is 1. The van der Waals surface area contributed by atoms with Crippen molar-refractivity contribution in [3.05, 3.63) is 81.7 Å². The van der Waals surface area contributed by atoms with Crippen LogP contribution in [0.4, 0.5) is 5.00 Å². The van der Waals surface area contributed by atoms with Crippen LogP contribution in [0.2, 0.25) is 0 Å². The molecular weight excluding hydrogens is 558 g/mol. The number of ether oxygens (including phenoxy) is 1. The van der Waals surface area contributed by atoms with Crippen molar-refractivity contribution in [1.29, 1.82) is 0 Å². The molecule has 2 unspecified atom stereocenters. The first-order chi connectivity index (χ1) is 19.7. The zero-order chi connectivity index (χ0) is 29.1. The van der Waals surface area contributed by atoms with Crippen LogP contribution in [-0.4, -0.2) is 55.7 Å². The van der Waals surface area contributed by atoms with E-state index >= 15 is 0 Å². The summed E-state index contributed by atoms with van der Waals surface area (Å²) in [7, 11) is -3.65. The van der Waals surface area contributed by atoms with Gasteiger partial charge in [-0.1, -0.05) is 44.2 Å². The summed E-state index contributed by atoms with van der Waals surface area (Å²) in [5, 5.41) is 3.39. The van der Waals surface area contributed by atoms with Crippen LogP contribution < -0.4 is 5.32 Å². The summed E-state index contributed by atoms with van der Waals surface area (Å²) < 4.78 is 33.4. The summed E-state index contributed by atoms with van der Waals surface area (Å²) in [6.45, 7) is 9.41. The van der Waals surface area contributed by atoms with E-state index in [1.807, 2.05) is 18.2 Å². The Hall–Kier alpha value is -3.05. The second-order valence-corrected chi connectivity index (χ2v) is 14.2. The fourth-order valence-electron chi connectivity index (χ4n) is 5.84. The van der Waals surface area contributed by atoms with E-state index in [0.29, 0.717) is 54.0 Å². The highest BCUT2D eigenvalue weighted by Crippen LogP contribution is 2.38. The molecule has 1 N–H and O–H groups in total. The van der Waals surface area contributed by atoms with Gasteiger partial charge in [-0.25, -0.2) is 13.2 Å². The molecule has 2 aliphatic heterocycles. The molecule has 0 aliphatic carbocycles. The number of carbonyl (C=O) groups is 2. The second-order valence-electron chi connectivity index (χ2n) is 11.1. The van der Waals surface area contributed by atoms with Gasteiger partial charge in [0.1, 0.15) is 5.00 Å². The van der Waals surface area contributed by atoms with E-state index in [0.717, 1.165) is 30.0 Å². The average molecular weight is 596 g/mol. The molecule has 1 fully saturated rings. The van der Waals surface area contributed by atoms with Crippen molar-refractivity contribution in [2.75, 3.05) is 31.6 Å². The Morgan fingerprint density at radius 1 is 1.02 bits per heavy atom. The van der Waals surface area contributed by atoms with E-state index in [-0.39, 0.29) is 11.5 Å². The standard InChI is InChI=1S/C31H37N3O5S2/c1-4-39-31(36)28-26-14-15-33(19-23-8-6-5-7-9-23)20-27(26)40-30(28)32-29(35)24-10-12-25(13-11-24)41(37,38)34-17-21(2)16-22(3)18-34/h5-13,21-22H,4,14-20H2,1-3H3,(H,32,35). The van der Waals surface area contributed by atoms with E-state index in [1.165, 1.54) is 41.2 Å². The minimum atomic E-state index is -3.65. The maximum absolute atomic E-state index is 13.3. The number of hydrogen-bond acceptors (Lipinski definition) is 7. The number of benzene rings is 2. The molecule has 3 aromatic rings. The first-order valence-corrected chi connectivity index (χ1v) is 16.4. The van der Waals surface area contributed by atoms with E-state index in [1.54, 1.807) is 11.2 Å². The molecule has 10 heteroatoms. The highest BCUT2D eigenvalue weighted by Gasteiger charge is 2.32. The molecule has 2 aliphatic rings. The molecule has 0 bridgehead atoms. The summed E-state index contributed by atoms with van der Waals surface area (Å²) in [6.07, 6.45) is 1.69. The number of nitrogens with zero attached hydrogens (tertiary/aromatic N) is 2. The molecule has 1 amide bonds. The maximum atomic E-state index is 13.3. The van der Waals surface area contributed by atoms with Gasteiger partial charge in [0.25, 0.3) is 5.91 Å². The van der Waals surface area contributed by atoms with Crippen LogP contribution in [0, 0.1) is 11.8 Å². The summed E-state index contributed by atoms with van der Waals surface area (Å²) in [4.78, 5) is 29.8. The third-order valence-corrected chi connectivity index (χ3v) is 10.7. The van der Waals surface area contributed by atoms with Gasteiger partial charge in [-0.3, -0.25) is 9.69 Å². The number of amides is 1. The lowest BCUT2D eigenvalue weighted by atomic mass is 9.94. The summed E-state index contributed by atoms with van der Waals surface area (Å²) in [5.74, 6) is -0.244. The molecule has 41 heavy (non-hydrogen) atoms. The van der Waals surface area contributed by atoms with Crippen LogP contribution in [0.15, 0.2) is 59.5 Å². The zero-order valence-electron chi connectivity index (χ0n) is 23.8. The molecule has 3 heterocycles. The van der Waals surface area contributed by atoms with Crippen molar-refractivity contribution in [2.45, 2.75) is 51.6 Å². The third kappa shape index (κ3) is 6.56. The molecule has 0 radical (unpaired) electrons. The predicted molar refractivity (Wildman–Crippen MR) is 161 cm³/mol. The van der Waals surface area contributed by atoms with E-state index < -0.39 is 21.9 Å². The predicted octanol–water partition coefficient (Wildman–Crippen LogP) is 5.40. The number of carbonyl (C=O) groups excluding carboxylic acids is 2. The molecule has 2 atom stereocenters. The van der Waals surface area contributed by atoms with Crippen LogP contribution >= 0.6 is 11.3 Å². The topological polar surface area (TPSA) is 96.0 Å². The Morgan fingerprint density at radius 3 is 2.37 bits per heavy atom. The lowest BCUT2D eigenvalue weighted by molar-refractivity contribution is 0.0526. The minimum absolute atomic E-state index is 0.174. The monoisotopic (exact) mass is 595 g/mol. The van der Waals surface area contributed by atoms with Gasteiger partial charge in [0.05, 0.1) is 17.1 Å². The normalized spacial score (nSPS) is 19.9. The van der Waals surface area contributed by atoms with Crippen LogP contribution in [0.1, 0.15) is 63.9 Å². The first-order valence-electron chi connectivity index (χ1n) is 14.1. The van der Waals surface area contributed by atoms with Gasteiger partial charge in [0, 0.05) is 43.2 Å². The number of nitrogens with one attached hydrogen (secondary N) is 1. The molecule has 0 spiro atoms. The molecule has 2 aromatic carbocycles. The van der Waals surface area contributed by atoms with Crippen LogP contribution in [0.25, 0.3) is 0 Å². The molecule has 1 saturated heterocycles. The summed E-state index contributed by atoms with van der Waals surface area (Å²) >= 11 is 1.40. The highest BCUT2D eigenvalue weighted by atomic mass is 32.2. The molecule has 5 rings (SSSR count). The summed E-state index contributed by atoms with van der Waals surface area (Å²) in [6, 6.07) is 16.3. The summed E-state index contributed by atoms with van der Waals surface area (Å²) in [5.41, 5.74) is 2.89. The van der Waals surface area contributed by atoms with Crippen molar-refractivity contribution in [3.63, 3.8) is 0 Å². The first kappa shape index (κ1) is 29.4. The largest absolute Gasteiger partial charge is 0.462 e. The molecule has 1 aromatic heterocycles. The van der Waals surface area contributed by atoms with Gasteiger partial charge in [-0.2, -0.15) is 4.31 Å². The SMILES string of the molecule is CCOC(=O)c1c(NC(=O)c2ccc(S(=O)(=O)N3CC(C)CC(C)C3)cc2)sc2c1CCN(Cc1ccccc1)C2. The number of rotatable bonds is 8. The van der Waals surface area contributed by atoms with Crippen molar-refractivity contribution in [2.24, 2.45) is 11.8 Å². The number of hydrogen-bond donors (Lipinski definition) is 1. The lowest BCUT2D eigenvalue weighted by Gasteiger charge is -2.34. The highest BCUT2D eigenvalue weighted by molar-refractivity contribution is 7.89. The minimum Gasteiger partial charge on any atom is -0.462 e. The van der Waals surface area contributed by atoms with Crippen molar-refractivity contribution in [1.82, 2.24) is 9.21 Å². The fraction of sp³-hybridized carbons (Fsp3) is 0.419. The van der Waals surface area contributed by atoms with Gasteiger partial charge in [0.15, 0.2) is 0 Å². The number of esters is 1. The molecular formula is C31H37N3O5S2. The van der Waals surface area contributed by atoms with Gasteiger partial charge < -0.3 is 10.1 Å². The van der Waals surface area contributed by atoms with Crippen molar-refractivity contribution in [3.8, 4) is 0 Å². The number of fused-ring (bicyclic) bond motifs is 1. The van der Waals surface area contributed by atoms with Crippen molar-refractivity contribution >= 4 is 38.2 Å². The number of anilines is 1. The fourth-order valence-corrected chi connectivity index (χ4v) is 8.80.